The Morgan fingerprint density at radius 1 is 0.667 bits per heavy atom. The Morgan fingerprint density at radius 2 is 1.14 bits per heavy atom. The van der Waals surface area contributed by atoms with Crippen molar-refractivity contribution >= 4 is 35.8 Å². The molecule has 2 N–H and O–H groups in total. The van der Waals surface area contributed by atoms with E-state index in [2.05, 4.69) is 6.92 Å². The highest BCUT2D eigenvalue weighted by Crippen LogP contribution is 2.53. The van der Waals surface area contributed by atoms with Gasteiger partial charge in [0.05, 0.1) is 35.5 Å². The molecule has 9 atom stereocenters. The molecule has 4 aliphatic rings. The van der Waals surface area contributed by atoms with Crippen LogP contribution in [0.1, 0.15) is 110 Å². The van der Waals surface area contributed by atoms with E-state index in [0.717, 1.165) is 32.1 Å². The van der Waals surface area contributed by atoms with Gasteiger partial charge in [-0.25, -0.2) is 0 Å². The molecule has 234 valence electrons. The van der Waals surface area contributed by atoms with Crippen molar-refractivity contribution in [1.29, 1.82) is 0 Å². The number of carboxylic acids is 2. The van der Waals surface area contributed by atoms with Gasteiger partial charge in [0.25, 0.3) is 0 Å². The molecule has 0 spiro atoms. The van der Waals surface area contributed by atoms with Crippen molar-refractivity contribution in [2.45, 2.75) is 110 Å². The van der Waals surface area contributed by atoms with Crippen LogP contribution in [0.4, 0.5) is 0 Å². The number of unbranched alkanes of at least 4 members (excludes halogenated alkanes) is 9. The van der Waals surface area contributed by atoms with Crippen molar-refractivity contribution in [2.24, 2.45) is 53.3 Å². The van der Waals surface area contributed by atoms with E-state index in [9.17, 15) is 39.0 Å². The first-order chi connectivity index (χ1) is 20.1. The van der Waals surface area contributed by atoms with Gasteiger partial charge in [-0.05, 0) is 49.9 Å². The molecule has 10 heteroatoms. The monoisotopic (exact) mass is 590 g/mol. The van der Waals surface area contributed by atoms with Crippen molar-refractivity contribution in [2.75, 3.05) is 0 Å². The molecule has 10 nitrogen and oxygen atoms in total. The van der Waals surface area contributed by atoms with Gasteiger partial charge in [-0.15, -0.1) is 0 Å². The van der Waals surface area contributed by atoms with Crippen LogP contribution in [0.3, 0.4) is 0 Å². The second-order valence-electron chi connectivity index (χ2n) is 13.0. The Labute approximate surface area is 247 Å². The molecule has 0 aromatic heterocycles. The van der Waals surface area contributed by atoms with Gasteiger partial charge in [0.15, 0.2) is 0 Å². The van der Waals surface area contributed by atoms with Crippen molar-refractivity contribution in [1.82, 2.24) is 0 Å². The van der Waals surface area contributed by atoms with Gasteiger partial charge in [0, 0.05) is 0 Å². The van der Waals surface area contributed by atoms with Crippen molar-refractivity contribution in [3.05, 3.63) is 0 Å². The lowest BCUT2D eigenvalue weighted by atomic mass is 9.57. The maximum absolute atomic E-state index is 12.9. The molecule has 2 saturated carbocycles. The summed E-state index contributed by atoms with van der Waals surface area (Å²) in [5.74, 6) is -11.7. The average Bonchev–Trinajstić information content (AvgIpc) is 3.41. The Kier molecular flexibility index (Phi) is 11.2. The molecule has 4 rings (SSSR count). The standard InChI is InChI=1S/C32H46O10/c1-2-3-4-5-6-7-8-9-10-11-12-18(24-20(28(35)36)14-16-22-26(24)32(40)42-30(22)38)17-23-19(27(33)34)13-15-21-25(23)31(39)41-29(21)37/h18-26H,2-17H2,1H3,(H,33,34)(H,35,36). The third-order valence-electron chi connectivity index (χ3n) is 10.5. The van der Waals surface area contributed by atoms with Crippen LogP contribution in [-0.2, 0) is 38.2 Å². The second-order valence-corrected chi connectivity index (χ2v) is 13.0. The van der Waals surface area contributed by atoms with Crippen molar-refractivity contribution in [3.8, 4) is 0 Å². The van der Waals surface area contributed by atoms with Crippen LogP contribution in [0.2, 0.25) is 0 Å². The third kappa shape index (κ3) is 7.05. The van der Waals surface area contributed by atoms with E-state index in [1.54, 1.807) is 0 Å². The quantitative estimate of drug-likeness (QED) is 0.140. The van der Waals surface area contributed by atoms with Gasteiger partial charge in [0.1, 0.15) is 0 Å². The van der Waals surface area contributed by atoms with Crippen molar-refractivity contribution < 1.29 is 48.5 Å². The van der Waals surface area contributed by atoms with Crippen LogP contribution in [0, 0.1) is 53.3 Å². The first-order valence-corrected chi connectivity index (χ1v) is 16.1. The largest absolute Gasteiger partial charge is 0.481 e. The molecular weight excluding hydrogens is 544 g/mol. The number of rotatable bonds is 16. The molecule has 0 aromatic rings. The zero-order chi connectivity index (χ0) is 30.4. The lowest BCUT2D eigenvalue weighted by Crippen LogP contribution is -2.46. The highest BCUT2D eigenvalue weighted by atomic mass is 16.6. The molecule has 42 heavy (non-hydrogen) atoms. The number of carbonyl (C=O) groups is 6. The van der Waals surface area contributed by atoms with E-state index in [-0.39, 0.29) is 32.1 Å². The van der Waals surface area contributed by atoms with E-state index in [1.165, 1.54) is 32.1 Å². The first kappa shape index (κ1) is 32.1. The molecule has 9 unspecified atom stereocenters. The fourth-order valence-electron chi connectivity index (χ4n) is 8.46. The summed E-state index contributed by atoms with van der Waals surface area (Å²) < 4.78 is 9.92. The Hall–Kier alpha value is -2.78. The predicted molar refractivity (Wildman–Crippen MR) is 148 cm³/mol. The van der Waals surface area contributed by atoms with E-state index in [4.69, 9.17) is 9.47 Å². The summed E-state index contributed by atoms with van der Waals surface area (Å²) in [6.07, 6.45) is 12.8. The van der Waals surface area contributed by atoms with Gasteiger partial charge in [-0.1, -0.05) is 77.6 Å². The number of cyclic esters (lactones) is 4. The highest BCUT2D eigenvalue weighted by molar-refractivity contribution is 5.98. The van der Waals surface area contributed by atoms with E-state index >= 15 is 0 Å². The molecule has 2 aliphatic heterocycles. The fourth-order valence-corrected chi connectivity index (χ4v) is 8.46. The summed E-state index contributed by atoms with van der Waals surface area (Å²) in [6, 6.07) is 0. The van der Waals surface area contributed by atoms with Crippen LogP contribution >= 0.6 is 0 Å². The van der Waals surface area contributed by atoms with E-state index < -0.39 is 89.1 Å². The first-order valence-electron chi connectivity index (χ1n) is 16.1. The number of fused-ring (bicyclic) bond motifs is 2. The lowest BCUT2D eigenvalue weighted by molar-refractivity contribution is -0.158. The maximum Gasteiger partial charge on any atom is 0.317 e. The number of hydrogen-bond donors (Lipinski definition) is 2. The van der Waals surface area contributed by atoms with E-state index in [1.807, 2.05) is 0 Å². The maximum atomic E-state index is 12.9. The summed E-state index contributed by atoms with van der Waals surface area (Å²) in [5.41, 5.74) is 0. The zero-order valence-electron chi connectivity index (χ0n) is 24.7. The molecule has 0 aromatic carbocycles. The minimum absolute atomic E-state index is 0.178. The number of carbonyl (C=O) groups excluding carboxylic acids is 4. The topological polar surface area (TPSA) is 161 Å². The SMILES string of the molecule is CCCCCCCCCCCCC(CC1C(C(=O)O)CCC2C(=O)OC(=O)C21)C1C(C(=O)O)CCC2C(=O)OC(=O)C21. The van der Waals surface area contributed by atoms with Crippen molar-refractivity contribution in [3.63, 3.8) is 0 Å². The smallest absolute Gasteiger partial charge is 0.317 e. The molecule has 0 bridgehead atoms. The Balaban J connectivity index is 1.53. The summed E-state index contributed by atoms with van der Waals surface area (Å²) in [6.45, 7) is 2.19. The van der Waals surface area contributed by atoms with Crippen LogP contribution in [0.15, 0.2) is 0 Å². The molecule has 2 heterocycles. The lowest BCUT2D eigenvalue weighted by Gasteiger charge is -2.43. The number of aliphatic carboxylic acids is 2. The minimum Gasteiger partial charge on any atom is -0.481 e. The summed E-state index contributed by atoms with van der Waals surface area (Å²) in [7, 11) is 0. The minimum atomic E-state index is -1.06. The van der Waals surface area contributed by atoms with Crippen LogP contribution in [0.25, 0.3) is 0 Å². The molecule has 2 saturated heterocycles. The number of carboxylic acid groups (broad SMARTS) is 2. The Bertz CT molecular complexity index is 1040. The number of ether oxygens (including phenoxy) is 2. The van der Waals surface area contributed by atoms with Crippen LogP contribution in [0.5, 0.6) is 0 Å². The zero-order valence-corrected chi connectivity index (χ0v) is 24.7. The number of esters is 4. The molecule has 0 radical (unpaired) electrons. The Morgan fingerprint density at radius 3 is 1.69 bits per heavy atom. The van der Waals surface area contributed by atoms with Gasteiger partial charge in [-0.3, -0.25) is 28.8 Å². The summed E-state index contributed by atoms with van der Waals surface area (Å²) in [4.78, 5) is 75.5. The highest BCUT2D eigenvalue weighted by Gasteiger charge is 2.59. The average molecular weight is 591 g/mol. The molecular formula is C32H46O10. The van der Waals surface area contributed by atoms with Gasteiger partial charge in [-0.2, -0.15) is 0 Å². The second kappa shape index (κ2) is 14.6. The fraction of sp³-hybridized carbons (Fsp3) is 0.812. The molecule has 0 amide bonds. The third-order valence-corrected chi connectivity index (χ3v) is 10.5. The molecule has 4 fully saturated rings. The summed E-state index contributed by atoms with van der Waals surface area (Å²) in [5, 5.41) is 20.3. The van der Waals surface area contributed by atoms with Gasteiger partial charge in [0.2, 0.25) is 0 Å². The van der Waals surface area contributed by atoms with Gasteiger partial charge < -0.3 is 19.7 Å². The van der Waals surface area contributed by atoms with Crippen LogP contribution < -0.4 is 0 Å². The number of hydrogen-bond acceptors (Lipinski definition) is 8. The summed E-state index contributed by atoms with van der Waals surface area (Å²) >= 11 is 0. The molecule has 2 aliphatic carbocycles. The predicted octanol–water partition coefficient (Wildman–Crippen LogP) is 5.16. The van der Waals surface area contributed by atoms with Gasteiger partial charge >= 0.3 is 35.8 Å². The normalized spacial score (nSPS) is 33.1. The van der Waals surface area contributed by atoms with E-state index in [0.29, 0.717) is 6.42 Å². The van der Waals surface area contributed by atoms with Crippen LogP contribution in [-0.4, -0.2) is 46.0 Å².